The van der Waals surface area contributed by atoms with Gasteiger partial charge in [0, 0.05) is 29.7 Å². The Morgan fingerprint density at radius 2 is 2.03 bits per heavy atom. The molecule has 1 saturated carbocycles. The van der Waals surface area contributed by atoms with Crippen LogP contribution in [-0.2, 0) is 0 Å². The van der Waals surface area contributed by atoms with Crippen LogP contribution in [-0.4, -0.2) is 73.7 Å². The summed E-state index contributed by atoms with van der Waals surface area (Å²) in [6.07, 6.45) is 1.47. The van der Waals surface area contributed by atoms with E-state index in [4.69, 9.17) is 9.47 Å². The molecule has 3 aliphatic rings. The Morgan fingerprint density at radius 1 is 1.18 bits per heavy atom. The smallest absolute Gasteiger partial charge is 0.319 e. The number of fused-ring (bicyclic) bond motifs is 3. The molecule has 6 rings (SSSR count). The van der Waals surface area contributed by atoms with Gasteiger partial charge in [0.15, 0.2) is 12.0 Å². The molecule has 1 aliphatic carbocycles. The summed E-state index contributed by atoms with van der Waals surface area (Å²) in [5.41, 5.74) is 1.05. The first-order valence-corrected chi connectivity index (χ1v) is 10.8. The Hall–Kier alpha value is -3.40. The van der Waals surface area contributed by atoms with E-state index >= 15 is 4.39 Å². The highest BCUT2D eigenvalue weighted by Crippen LogP contribution is 2.45. The molecule has 2 aromatic heterocycles. The first-order valence-electron chi connectivity index (χ1n) is 10.8. The van der Waals surface area contributed by atoms with E-state index in [2.05, 4.69) is 30.0 Å². The normalized spacial score (nSPS) is 26.8. The number of phenolic OH excluding ortho intramolecular Hbond substituents is 1. The maximum atomic E-state index is 15.2. The number of rotatable bonds is 5. The second-order valence-electron chi connectivity index (χ2n) is 8.81. The van der Waals surface area contributed by atoms with Crippen molar-refractivity contribution in [2.24, 2.45) is 5.92 Å². The number of alkyl halides is 1. The number of ether oxygens (including phenoxy) is 2. The molecule has 3 fully saturated rings. The van der Waals surface area contributed by atoms with Crippen molar-refractivity contribution in [2.75, 3.05) is 20.7 Å². The standard InChI is InChI=1S/C23H25FN6O3/c1-23-9-8-14(11-30(23)2)19(20(23)24)33-18-7-6-16(28-29-18)15-5-4-13(10-17(15)31)21-25-12-26-22(27-21)32-3/h4-7,10,12,14,19-20,31H,8-9,11H2,1-3H3/t14-,19?,20?,23-/m0/s1. The number of methoxy groups -OCH3 is 1. The molecule has 4 atom stereocenters. The largest absolute Gasteiger partial charge is 0.507 e. The van der Waals surface area contributed by atoms with Gasteiger partial charge in [-0.1, -0.05) is 6.07 Å². The third-order valence-electron chi connectivity index (χ3n) is 6.91. The molecular weight excluding hydrogens is 427 g/mol. The van der Waals surface area contributed by atoms with Crippen molar-refractivity contribution >= 4 is 0 Å². The molecule has 1 aromatic carbocycles. The molecule has 2 bridgehead atoms. The number of benzene rings is 1. The molecule has 33 heavy (non-hydrogen) atoms. The average molecular weight is 452 g/mol. The van der Waals surface area contributed by atoms with Crippen molar-refractivity contribution in [1.82, 2.24) is 30.0 Å². The number of aromatic hydroxyl groups is 1. The van der Waals surface area contributed by atoms with Crippen LogP contribution in [0.25, 0.3) is 22.6 Å². The van der Waals surface area contributed by atoms with Crippen LogP contribution in [0.1, 0.15) is 19.8 Å². The number of halogens is 1. The fraction of sp³-hybridized carbons (Fsp3) is 0.435. The lowest BCUT2D eigenvalue weighted by atomic mass is 9.68. The van der Waals surface area contributed by atoms with E-state index in [9.17, 15) is 5.11 Å². The number of hydrogen-bond acceptors (Lipinski definition) is 9. The minimum atomic E-state index is -1.10. The van der Waals surface area contributed by atoms with Crippen LogP contribution < -0.4 is 9.47 Å². The Bertz CT molecular complexity index is 1160. The summed E-state index contributed by atoms with van der Waals surface area (Å²) < 4.78 is 26.2. The summed E-state index contributed by atoms with van der Waals surface area (Å²) >= 11 is 0. The van der Waals surface area contributed by atoms with Crippen molar-refractivity contribution in [2.45, 2.75) is 37.6 Å². The molecule has 2 aliphatic heterocycles. The van der Waals surface area contributed by atoms with Gasteiger partial charge in [0.2, 0.25) is 5.88 Å². The number of nitrogens with zero attached hydrogens (tertiary/aromatic N) is 6. The summed E-state index contributed by atoms with van der Waals surface area (Å²) in [6, 6.07) is 8.56. The van der Waals surface area contributed by atoms with Crippen LogP contribution in [0.3, 0.4) is 0 Å². The van der Waals surface area contributed by atoms with Crippen LogP contribution in [0, 0.1) is 5.92 Å². The summed E-state index contributed by atoms with van der Waals surface area (Å²) in [4.78, 5) is 14.3. The van der Waals surface area contributed by atoms with E-state index in [1.54, 1.807) is 30.3 Å². The zero-order valence-corrected chi connectivity index (χ0v) is 18.6. The summed E-state index contributed by atoms with van der Waals surface area (Å²) in [5.74, 6) is 0.775. The second kappa shape index (κ2) is 8.18. The summed E-state index contributed by atoms with van der Waals surface area (Å²) in [5, 5.41) is 18.9. The molecule has 4 heterocycles. The van der Waals surface area contributed by atoms with Gasteiger partial charge in [-0.15, -0.1) is 10.2 Å². The van der Waals surface area contributed by atoms with Crippen LogP contribution in [0.2, 0.25) is 0 Å². The molecule has 10 heteroatoms. The second-order valence-corrected chi connectivity index (χ2v) is 8.81. The molecule has 172 valence electrons. The number of hydrogen-bond donors (Lipinski definition) is 1. The zero-order chi connectivity index (χ0) is 23.2. The predicted octanol–water partition coefficient (Wildman–Crippen LogP) is 2.91. The van der Waals surface area contributed by atoms with Crippen molar-refractivity contribution < 1.29 is 19.0 Å². The van der Waals surface area contributed by atoms with Crippen molar-refractivity contribution in [3.63, 3.8) is 0 Å². The Kier molecular flexibility index (Phi) is 5.32. The quantitative estimate of drug-likeness (QED) is 0.625. The number of aromatic nitrogens is 5. The van der Waals surface area contributed by atoms with Crippen LogP contribution >= 0.6 is 0 Å². The summed E-state index contributed by atoms with van der Waals surface area (Å²) in [6.45, 7) is 2.76. The van der Waals surface area contributed by atoms with E-state index in [1.807, 2.05) is 14.0 Å². The van der Waals surface area contributed by atoms with Crippen molar-refractivity contribution in [1.29, 1.82) is 0 Å². The maximum absolute atomic E-state index is 15.2. The first-order chi connectivity index (χ1) is 15.9. The minimum Gasteiger partial charge on any atom is -0.507 e. The average Bonchev–Trinajstić information content (AvgIpc) is 2.83. The minimum absolute atomic E-state index is 0.000720. The summed E-state index contributed by atoms with van der Waals surface area (Å²) in [7, 11) is 3.44. The first kappa shape index (κ1) is 21.4. The van der Waals surface area contributed by atoms with E-state index in [-0.39, 0.29) is 23.6 Å². The lowest BCUT2D eigenvalue weighted by Crippen LogP contribution is -2.68. The molecule has 2 saturated heterocycles. The van der Waals surface area contributed by atoms with Crippen LogP contribution in [0.15, 0.2) is 36.7 Å². The Morgan fingerprint density at radius 3 is 2.73 bits per heavy atom. The van der Waals surface area contributed by atoms with Crippen molar-refractivity contribution in [3.05, 3.63) is 36.7 Å². The van der Waals surface area contributed by atoms with Gasteiger partial charge in [0.25, 0.3) is 0 Å². The van der Waals surface area contributed by atoms with E-state index < -0.39 is 17.8 Å². The molecular formula is C23H25FN6O3. The maximum Gasteiger partial charge on any atom is 0.319 e. The van der Waals surface area contributed by atoms with E-state index in [0.717, 1.165) is 19.4 Å². The highest BCUT2D eigenvalue weighted by Gasteiger charge is 2.55. The molecule has 3 aromatic rings. The zero-order valence-electron chi connectivity index (χ0n) is 18.6. The topological polar surface area (TPSA) is 106 Å². The monoisotopic (exact) mass is 452 g/mol. The van der Waals surface area contributed by atoms with Crippen molar-refractivity contribution in [3.8, 4) is 40.3 Å². The van der Waals surface area contributed by atoms with Gasteiger partial charge in [0.1, 0.15) is 18.2 Å². The van der Waals surface area contributed by atoms with Gasteiger partial charge >= 0.3 is 6.01 Å². The van der Waals surface area contributed by atoms with Gasteiger partial charge in [0.05, 0.1) is 18.3 Å². The van der Waals surface area contributed by atoms with Gasteiger partial charge in [-0.25, -0.2) is 9.37 Å². The van der Waals surface area contributed by atoms with E-state index in [1.165, 1.54) is 13.4 Å². The molecule has 1 N–H and O–H groups in total. The van der Waals surface area contributed by atoms with Crippen LogP contribution in [0.4, 0.5) is 4.39 Å². The number of phenols is 1. The molecule has 0 radical (unpaired) electrons. The lowest BCUT2D eigenvalue weighted by Gasteiger charge is -2.56. The van der Waals surface area contributed by atoms with E-state index in [0.29, 0.717) is 22.6 Å². The van der Waals surface area contributed by atoms with Gasteiger partial charge < -0.3 is 14.6 Å². The fourth-order valence-corrected chi connectivity index (χ4v) is 4.76. The van der Waals surface area contributed by atoms with Gasteiger partial charge in [-0.05, 0) is 45.0 Å². The molecule has 0 spiro atoms. The molecule has 9 nitrogen and oxygen atoms in total. The molecule has 2 unspecified atom stereocenters. The predicted molar refractivity (Wildman–Crippen MR) is 118 cm³/mol. The van der Waals surface area contributed by atoms with Gasteiger partial charge in [-0.3, -0.25) is 4.90 Å². The van der Waals surface area contributed by atoms with Gasteiger partial charge in [-0.2, -0.15) is 9.97 Å². The molecule has 0 amide bonds. The lowest BCUT2D eigenvalue weighted by molar-refractivity contribution is -0.136. The third-order valence-corrected chi connectivity index (χ3v) is 6.91. The highest BCUT2D eigenvalue weighted by atomic mass is 19.1. The number of piperidine rings is 2. The Labute approximate surface area is 190 Å². The highest BCUT2D eigenvalue weighted by molar-refractivity contribution is 5.71. The fourth-order valence-electron chi connectivity index (χ4n) is 4.76. The third kappa shape index (κ3) is 3.74. The Balaban J connectivity index is 1.34. The SMILES string of the molecule is COc1ncnc(-c2ccc(-c3ccc(OC4C(F)[C@]5(C)CC[C@H]4CN5C)nn3)c(O)c2)n1. The van der Waals surface area contributed by atoms with Crippen LogP contribution in [0.5, 0.6) is 17.6 Å².